The molecule has 5 heteroatoms. The van der Waals surface area contributed by atoms with E-state index in [-0.39, 0.29) is 11.8 Å². The van der Waals surface area contributed by atoms with Gasteiger partial charge in [-0.25, -0.2) is 4.79 Å². The van der Waals surface area contributed by atoms with Crippen molar-refractivity contribution in [2.24, 2.45) is 5.92 Å². The van der Waals surface area contributed by atoms with Crippen LogP contribution >= 0.6 is 0 Å². The predicted molar refractivity (Wildman–Crippen MR) is 79.1 cm³/mol. The number of fused-ring (bicyclic) bond motifs is 1. The van der Waals surface area contributed by atoms with Crippen molar-refractivity contribution in [3.8, 4) is 0 Å². The van der Waals surface area contributed by atoms with E-state index in [0.29, 0.717) is 25.9 Å². The van der Waals surface area contributed by atoms with E-state index in [4.69, 9.17) is 0 Å². The molecule has 2 heterocycles. The number of amides is 1. The summed E-state index contributed by atoms with van der Waals surface area (Å²) in [5, 5.41) is 12.6. The summed E-state index contributed by atoms with van der Waals surface area (Å²) in [6.45, 7) is 1.15. The predicted octanol–water partition coefficient (Wildman–Crippen LogP) is 1.74. The third-order valence-electron chi connectivity index (χ3n) is 4.44. The van der Waals surface area contributed by atoms with Crippen LogP contribution in [0.3, 0.4) is 0 Å². The van der Waals surface area contributed by atoms with E-state index in [0.717, 1.165) is 24.1 Å². The first-order chi connectivity index (χ1) is 10.2. The number of carbonyl (C=O) groups is 2. The fourth-order valence-electron chi connectivity index (χ4n) is 3.30. The van der Waals surface area contributed by atoms with Gasteiger partial charge in [0.15, 0.2) is 0 Å². The lowest BCUT2D eigenvalue weighted by atomic mass is 9.91. The van der Waals surface area contributed by atoms with Crippen LogP contribution in [-0.4, -0.2) is 41.0 Å². The van der Waals surface area contributed by atoms with E-state index < -0.39 is 12.0 Å². The van der Waals surface area contributed by atoms with Crippen LogP contribution in [0, 0.1) is 5.92 Å². The summed E-state index contributed by atoms with van der Waals surface area (Å²) in [6.07, 6.45) is 3.03. The van der Waals surface area contributed by atoms with Gasteiger partial charge in [-0.1, -0.05) is 18.2 Å². The zero-order chi connectivity index (χ0) is 14.8. The minimum atomic E-state index is -0.882. The fraction of sp³-hybridized carbons (Fsp3) is 0.500. The number of para-hydroxylation sites is 1. The minimum Gasteiger partial charge on any atom is -0.480 e. The summed E-state index contributed by atoms with van der Waals surface area (Å²) in [7, 11) is 0. The van der Waals surface area contributed by atoms with E-state index in [2.05, 4.69) is 5.32 Å². The van der Waals surface area contributed by atoms with Crippen LogP contribution in [0.15, 0.2) is 24.3 Å². The van der Waals surface area contributed by atoms with Gasteiger partial charge < -0.3 is 15.3 Å². The molecule has 2 N–H and O–H groups in total. The molecule has 1 aromatic rings. The number of benzene rings is 1. The molecule has 2 atom stereocenters. The monoisotopic (exact) mass is 288 g/mol. The number of piperidine rings is 1. The number of hydrogen-bond donors (Lipinski definition) is 2. The first kappa shape index (κ1) is 13.9. The third-order valence-corrected chi connectivity index (χ3v) is 4.44. The maximum absolute atomic E-state index is 12.7. The molecule has 3 rings (SSSR count). The average Bonchev–Trinajstić information content (AvgIpc) is 2.53. The zero-order valence-electron chi connectivity index (χ0n) is 11.9. The Bertz CT molecular complexity index is 558. The number of hydrogen-bond acceptors (Lipinski definition) is 3. The van der Waals surface area contributed by atoms with Gasteiger partial charge >= 0.3 is 5.97 Å². The molecule has 1 fully saturated rings. The second-order valence-corrected chi connectivity index (χ2v) is 5.82. The lowest BCUT2D eigenvalue weighted by Gasteiger charge is -2.37. The molecule has 112 valence electrons. The van der Waals surface area contributed by atoms with E-state index >= 15 is 0 Å². The Labute approximate surface area is 123 Å². The summed E-state index contributed by atoms with van der Waals surface area (Å²) in [4.78, 5) is 25.6. The summed E-state index contributed by atoms with van der Waals surface area (Å²) in [5.74, 6) is -1.07. The second kappa shape index (κ2) is 5.76. The van der Waals surface area contributed by atoms with Crippen molar-refractivity contribution in [3.05, 3.63) is 29.8 Å². The molecule has 0 spiro atoms. The average molecular weight is 288 g/mol. The summed E-state index contributed by atoms with van der Waals surface area (Å²) in [5.41, 5.74) is 2.21. The summed E-state index contributed by atoms with van der Waals surface area (Å²) < 4.78 is 0. The molecule has 0 bridgehead atoms. The second-order valence-electron chi connectivity index (χ2n) is 5.82. The number of aliphatic carboxylic acids is 1. The molecule has 1 amide bonds. The summed E-state index contributed by atoms with van der Waals surface area (Å²) in [6, 6.07) is 7.32. The molecule has 21 heavy (non-hydrogen) atoms. The van der Waals surface area contributed by atoms with E-state index in [9.17, 15) is 14.7 Å². The fourth-order valence-corrected chi connectivity index (χ4v) is 3.30. The number of nitrogens with one attached hydrogen (secondary N) is 1. The van der Waals surface area contributed by atoms with Gasteiger partial charge in [-0.05, 0) is 37.3 Å². The van der Waals surface area contributed by atoms with Crippen molar-refractivity contribution in [2.75, 3.05) is 18.4 Å². The normalized spacial score (nSPS) is 24.9. The number of anilines is 1. The number of carbonyl (C=O) groups excluding carboxylic acids is 1. The molecule has 0 radical (unpaired) electrons. The van der Waals surface area contributed by atoms with Crippen molar-refractivity contribution in [1.82, 2.24) is 4.90 Å². The van der Waals surface area contributed by atoms with Gasteiger partial charge in [0.05, 0.1) is 5.92 Å². The zero-order valence-corrected chi connectivity index (χ0v) is 11.9. The topological polar surface area (TPSA) is 69.6 Å². The van der Waals surface area contributed by atoms with Crippen molar-refractivity contribution in [2.45, 2.75) is 31.7 Å². The number of carboxylic acids is 1. The maximum Gasteiger partial charge on any atom is 0.326 e. The van der Waals surface area contributed by atoms with Gasteiger partial charge in [-0.3, -0.25) is 4.79 Å². The van der Waals surface area contributed by atoms with E-state index in [1.807, 2.05) is 24.3 Å². The minimum absolute atomic E-state index is 0.0240. The number of nitrogens with zero attached hydrogens (tertiary/aromatic N) is 1. The number of carboxylic acid groups (broad SMARTS) is 1. The molecule has 0 aliphatic carbocycles. The number of likely N-dealkylation sites (tertiary alicyclic amines) is 1. The highest BCUT2D eigenvalue weighted by Gasteiger charge is 2.36. The highest BCUT2D eigenvalue weighted by molar-refractivity contribution is 5.86. The Balaban J connectivity index is 1.75. The molecule has 0 aromatic heterocycles. The molecule has 1 saturated heterocycles. The van der Waals surface area contributed by atoms with Gasteiger partial charge in [0.2, 0.25) is 5.91 Å². The lowest BCUT2D eigenvalue weighted by molar-refractivity contribution is -0.153. The first-order valence-corrected chi connectivity index (χ1v) is 7.52. The smallest absolute Gasteiger partial charge is 0.326 e. The van der Waals surface area contributed by atoms with Gasteiger partial charge in [0.1, 0.15) is 6.04 Å². The highest BCUT2D eigenvalue weighted by Crippen LogP contribution is 2.27. The molecular weight excluding hydrogens is 268 g/mol. The number of rotatable bonds is 2. The maximum atomic E-state index is 12.7. The van der Waals surface area contributed by atoms with Crippen LogP contribution in [0.1, 0.15) is 24.8 Å². The Hall–Kier alpha value is -2.04. The molecule has 2 aliphatic heterocycles. The Kier molecular flexibility index (Phi) is 3.82. The van der Waals surface area contributed by atoms with Crippen LogP contribution in [0.4, 0.5) is 5.69 Å². The lowest BCUT2D eigenvalue weighted by Crippen LogP contribution is -2.51. The van der Waals surface area contributed by atoms with Gasteiger partial charge in [-0.2, -0.15) is 0 Å². The largest absolute Gasteiger partial charge is 0.480 e. The highest BCUT2D eigenvalue weighted by atomic mass is 16.4. The van der Waals surface area contributed by atoms with Gasteiger partial charge in [0, 0.05) is 18.8 Å². The van der Waals surface area contributed by atoms with Crippen LogP contribution in [-0.2, 0) is 16.0 Å². The van der Waals surface area contributed by atoms with Crippen LogP contribution < -0.4 is 5.32 Å². The van der Waals surface area contributed by atoms with E-state index in [1.54, 1.807) is 4.90 Å². The Morgan fingerprint density at radius 2 is 2.05 bits per heavy atom. The molecular formula is C16H20N2O3. The molecule has 2 unspecified atom stereocenters. The van der Waals surface area contributed by atoms with Crippen molar-refractivity contribution in [1.29, 1.82) is 0 Å². The molecule has 5 nitrogen and oxygen atoms in total. The standard InChI is InChI=1S/C16H20N2O3/c19-15(18-8-4-3-7-14(18)16(20)21)12-9-11-5-1-2-6-13(11)17-10-12/h1-2,5-6,12,14,17H,3-4,7-10H2,(H,20,21). The van der Waals surface area contributed by atoms with Crippen molar-refractivity contribution in [3.63, 3.8) is 0 Å². The van der Waals surface area contributed by atoms with Crippen LogP contribution in [0.5, 0.6) is 0 Å². The van der Waals surface area contributed by atoms with Gasteiger partial charge in [0.25, 0.3) is 0 Å². The van der Waals surface area contributed by atoms with Crippen LogP contribution in [0.25, 0.3) is 0 Å². The molecule has 2 aliphatic rings. The van der Waals surface area contributed by atoms with Crippen LogP contribution in [0.2, 0.25) is 0 Å². The van der Waals surface area contributed by atoms with E-state index in [1.165, 1.54) is 0 Å². The third kappa shape index (κ3) is 2.73. The molecule has 0 saturated carbocycles. The van der Waals surface area contributed by atoms with Crippen molar-refractivity contribution < 1.29 is 14.7 Å². The quantitative estimate of drug-likeness (QED) is 0.869. The van der Waals surface area contributed by atoms with Crippen molar-refractivity contribution >= 4 is 17.6 Å². The first-order valence-electron chi connectivity index (χ1n) is 7.52. The van der Waals surface area contributed by atoms with Gasteiger partial charge in [-0.15, -0.1) is 0 Å². The summed E-state index contributed by atoms with van der Waals surface area (Å²) >= 11 is 0. The molecule has 1 aromatic carbocycles. The Morgan fingerprint density at radius 1 is 1.24 bits per heavy atom. The Morgan fingerprint density at radius 3 is 2.86 bits per heavy atom. The SMILES string of the molecule is O=C(O)C1CCCCN1C(=O)C1CNc2ccccc2C1.